The third-order valence-corrected chi connectivity index (χ3v) is 3.07. The first-order valence-corrected chi connectivity index (χ1v) is 5.81. The van der Waals surface area contributed by atoms with E-state index in [1.54, 1.807) is 18.4 Å². The summed E-state index contributed by atoms with van der Waals surface area (Å²) in [7, 11) is 1.63. The maximum absolute atomic E-state index is 5.26. The second-order valence-electron chi connectivity index (χ2n) is 3.27. The van der Waals surface area contributed by atoms with Crippen molar-refractivity contribution in [1.82, 2.24) is 9.97 Å². The van der Waals surface area contributed by atoms with Crippen LogP contribution in [0.15, 0.2) is 23.8 Å². The fourth-order valence-corrected chi connectivity index (χ4v) is 2.06. The van der Waals surface area contributed by atoms with Gasteiger partial charge in [-0.1, -0.05) is 6.07 Å². The molecule has 0 atom stereocenters. The Kier molecular flexibility index (Phi) is 3.36. The molecule has 0 aromatic carbocycles. The Hall–Kier alpha value is -1.62. The molecule has 0 bridgehead atoms. The predicted molar refractivity (Wildman–Crippen MR) is 65.0 cm³/mol. The topological polar surface area (TPSA) is 47.0 Å². The van der Waals surface area contributed by atoms with Crippen LogP contribution < -0.4 is 10.1 Å². The molecule has 0 aliphatic rings. The molecule has 0 saturated heterocycles. The van der Waals surface area contributed by atoms with Gasteiger partial charge >= 0.3 is 0 Å². The molecular formula is C11H13N3OS. The normalized spacial score (nSPS) is 10.1. The van der Waals surface area contributed by atoms with Crippen molar-refractivity contribution in [2.24, 2.45) is 0 Å². The molecule has 2 heterocycles. The van der Waals surface area contributed by atoms with Gasteiger partial charge in [-0.25, -0.2) is 9.97 Å². The number of aryl methyl sites for hydroxylation is 1. The number of hydrogen-bond acceptors (Lipinski definition) is 5. The van der Waals surface area contributed by atoms with Crippen molar-refractivity contribution < 1.29 is 4.74 Å². The monoisotopic (exact) mass is 235 g/mol. The van der Waals surface area contributed by atoms with Gasteiger partial charge in [0.25, 0.3) is 0 Å². The van der Waals surface area contributed by atoms with Crippen molar-refractivity contribution in [3.05, 3.63) is 34.4 Å². The van der Waals surface area contributed by atoms with Gasteiger partial charge in [0, 0.05) is 4.88 Å². The lowest BCUT2D eigenvalue weighted by atomic mass is 10.3. The van der Waals surface area contributed by atoms with Crippen molar-refractivity contribution in [2.75, 3.05) is 12.4 Å². The molecule has 2 aromatic heterocycles. The molecule has 0 fully saturated rings. The first kappa shape index (κ1) is 10.9. The highest BCUT2D eigenvalue weighted by Crippen LogP contribution is 2.24. The van der Waals surface area contributed by atoms with Crippen LogP contribution in [0.25, 0.3) is 0 Å². The van der Waals surface area contributed by atoms with Gasteiger partial charge < -0.3 is 10.1 Å². The average molecular weight is 235 g/mol. The summed E-state index contributed by atoms with van der Waals surface area (Å²) < 4.78 is 5.26. The Labute approximate surface area is 98.3 Å². The Bertz CT molecular complexity index is 456. The van der Waals surface area contributed by atoms with Crippen molar-refractivity contribution in [3.63, 3.8) is 0 Å². The molecule has 0 aliphatic carbocycles. The summed E-state index contributed by atoms with van der Waals surface area (Å²) in [5, 5.41) is 5.30. The molecule has 2 rings (SSSR count). The van der Waals surface area contributed by atoms with Crippen LogP contribution in [0, 0.1) is 6.92 Å². The second kappa shape index (κ2) is 4.94. The van der Waals surface area contributed by atoms with E-state index in [1.807, 2.05) is 13.0 Å². The standard InChI is InChI=1S/C11H13N3OS/c1-8-10(15-2)11(14-7-13-8)12-6-9-4-3-5-16-9/h3-5,7H,6H2,1-2H3,(H,12,13,14). The minimum atomic E-state index is 0.707. The van der Waals surface area contributed by atoms with E-state index < -0.39 is 0 Å². The third-order valence-electron chi connectivity index (χ3n) is 2.20. The van der Waals surface area contributed by atoms with Crippen LogP contribution >= 0.6 is 11.3 Å². The number of aromatic nitrogens is 2. The molecule has 2 aromatic rings. The Morgan fingerprint density at radius 2 is 2.31 bits per heavy atom. The molecule has 16 heavy (non-hydrogen) atoms. The molecule has 5 heteroatoms. The van der Waals surface area contributed by atoms with E-state index in [1.165, 1.54) is 11.2 Å². The third kappa shape index (κ3) is 2.30. The zero-order chi connectivity index (χ0) is 11.4. The number of nitrogens with zero attached hydrogens (tertiary/aromatic N) is 2. The highest BCUT2D eigenvalue weighted by atomic mass is 32.1. The second-order valence-corrected chi connectivity index (χ2v) is 4.31. The number of hydrogen-bond donors (Lipinski definition) is 1. The lowest BCUT2D eigenvalue weighted by Gasteiger charge is -2.10. The van der Waals surface area contributed by atoms with Gasteiger partial charge in [0.1, 0.15) is 6.33 Å². The highest BCUT2D eigenvalue weighted by Gasteiger charge is 2.07. The van der Waals surface area contributed by atoms with Gasteiger partial charge in [-0.05, 0) is 18.4 Å². The minimum absolute atomic E-state index is 0.707. The summed E-state index contributed by atoms with van der Waals surface area (Å²) in [6, 6.07) is 4.11. The van der Waals surface area contributed by atoms with Crippen molar-refractivity contribution in [2.45, 2.75) is 13.5 Å². The Morgan fingerprint density at radius 3 is 3.00 bits per heavy atom. The molecule has 0 unspecified atom stereocenters. The quantitative estimate of drug-likeness (QED) is 0.884. The van der Waals surface area contributed by atoms with Crippen LogP contribution in [0.5, 0.6) is 5.75 Å². The van der Waals surface area contributed by atoms with Gasteiger partial charge in [-0.2, -0.15) is 0 Å². The molecular weight excluding hydrogens is 222 g/mol. The molecule has 0 aliphatic heterocycles. The zero-order valence-electron chi connectivity index (χ0n) is 9.23. The van der Waals surface area contributed by atoms with Gasteiger partial charge in [-0.15, -0.1) is 11.3 Å². The summed E-state index contributed by atoms with van der Waals surface area (Å²) >= 11 is 1.71. The molecule has 0 amide bonds. The van der Waals surface area contributed by atoms with Gasteiger partial charge in [-0.3, -0.25) is 0 Å². The minimum Gasteiger partial charge on any atom is -0.491 e. The molecule has 4 nitrogen and oxygen atoms in total. The summed E-state index contributed by atoms with van der Waals surface area (Å²) in [5.74, 6) is 1.45. The SMILES string of the molecule is COc1c(C)ncnc1NCc1cccs1. The number of thiophene rings is 1. The maximum Gasteiger partial charge on any atom is 0.182 e. The van der Waals surface area contributed by atoms with E-state index >= 15 is 0 Å². The van der Waals surface area contributed by atoms with Crippen molar-refractivity contribution in [1.29, 1.82) is 0 Å². The molecule has 0 saturated carbocycles. The number of nitrogens with one attached hydrogen (secondary N) is 1. The first-order valence-electron chi connectivity index (χ1n) is 4.93. The number of rotatable bonds is 4. The maximum atomic E-state index is 5.26. The van der Waals surface area contributed by atoms with E-state index in [4.69, 9.17) is 4.74 Å². The van der Waals surface area contributed by atoms with E-state index in [-0.39, 0.29) is 0 Å². The Morgan fingerprint density at radius 1 is 1.44 bits per heavy atom. The van der Waals surface area contributed by atoms with Gasteiger partial charge in [0.05, 0.1) is 19.3 Å². The summed E-state index contributed by atoms with van der Waals surface area (Å²) in [6.45, 7) is 2.65. The van der Waals surface area contributed by atoms with E-state index in [2.05, 4.69) is 26.7 Å². The molecule has 1 N–H and O–H groups in total. The van der Waals surface area contributed by atoms with Crippen LogP contribution in [-0.4, -0.2) is 17.1 Å². The molecule has 0 spiro atoms. The van der Waals surface area contributed by atoms with Crippen LogP contribution in [-0.2, 0) is 6.54 Å². The first-order chi connectivity index (χ1) is 7.81. The fourth-order valence-electron chi connectivity index (χ4n) is 1.42. The summed E-state index contributed by atoms with van der Waals surface area (Å²) in [6.07, 6.45) is 1.54. The van der Waals surface area contributed by atoms with Crippen molar-refractivity contribution in [3.8, 4) is 5.75 Å². The average Bonchev–Trinajstić information content (AvgIpc) is 2.79. The van der Waals surface area contributed by atoms with E-state index in [0.717, 1.165) is 18.1 Å². The van der Waals surface area contributed by atoms with Crippen LogP contribution in [0.2, 0.25) is 0 Å². The lowest BCUT2D eigenvalue weighted by molar-refractivity contribution is 0.409. The number of methoxy groups -OCH3 is 1. The molecule has 0 radical (unpaired) electrons. The number of anilines is 1. The Balaban J connectivity index is 2.12. The summed E-state index contributed by atoms with van der Waals surface area (Å²) in [5.41, 5.74) is 0.839. The molecule has 84 valence electrons. The lowest BCUT2D eigenvalue weighted by Crippen LogP contribution is -2.04. The van der Waals surface area contributed by atoms with Crippen molar-refractivity contribution >= 4 is 17.2 Å². The predicted octanol–water partition coefficient (Wildman–Crippen LogP) is 2.47. The van der Waals surface area contributed by atoms with Crippen LogP contribution in [0.3, 0.4) is 0 Å². The fraction of sp³-hybridized carbons (Fsp3) is 0.273. The zero-order valence-corrected chi connectivity index (χ0v) is 10.0. The van der Waals surface area contributed by atoms with Gasteiger partial charge in [0.2, 0.25) is 0 Å². The van der Waals surface area contributed by atoms with Crippen LogP contribution in [0.4, 0.5) is 5.82 Å². The highest BCUT2D eigenvalue weighted by molar-refractivity contribution is 7.09. The largest absolute Gasteiger partial charge is 0.491 e. The van der Waals surface area contributed by atoms with E-state index in [0.29, 0.717) is 5.75 Å². The van der Waals surface area contributed by atoms with Crippen LogP contribution in [0.1, 0.15) is 10.6 Å². The summed E-state index contributed by atoms with van der Waals surface area (Å²) in [4.78, 5) is 9.51. The van der Waals surface area contributed by atoms with Gasteiger partial charge in [0.15, 0.2) is 11.6 Å². The number of ether oxygens (including phenoxy) is 1. The van der Waals surface area contributed by atoms with E-state index in [9.17, 15) is 0 Å². The smallest absolute Gasteiger partial charge is 0.182 e.